The van der Waals surface area contributed by atoms with Gasteiger partial charge in [0.1, 0.15) is 13.2 Å². The number of hydrogen-bond acceptors (Lipinski definition) is 6. The van der Waals surface area contributed by atoms with Crippen LogP contribution in [0.1, 0.15) is 323 Å². The Labute approximate surface area is 423 Å². The van der Waals surface area contributed by atoms with Gasteiger partial charge in [0, 0.05) is 19.3 Å². The summed E-state index contributed by atoms with van der Waals surface area (Å²) >= 11 is 0. The highest BCUT2D eigenvalue weighted by molar-refractivity contribution is 5.71. The zero-order valence-electron chi connectivity index (χ0n) is 45.6. The number of rotatable bonds is 55. The molecule has 68 heavy (non-hydrogen) atoms. The Morgan fingerprint density at radius 1 is 0.294 bits per heavy atom. The van der Waals surface area contributed by atoms with E-state index in [2.05, 4.69) is 57.2 Å². The standard InChI is InChI=1S/C62H114O6/c1-4-7-10-13-16-19-22-25-28-30-31-33-34-37-40-43-46-49-52-55-61(64)67-58-59(57-66-60(63)54-51-48-45-42-39-36-27-24-21-18-15-12-9-6-3)68-62(65)56-53-50-47-44-41-38-35-32-29-26-23-20-17-14-11-8-5-2/h17,20,26,29,36,39,59H,4-16,18-19,21-25,27-28,30-35,37-38,40-58H2,1-3H3/b20-17-,29-26-,39-36-. The SMILES string of the molecule is CCCCC/C=C\C/C=C\CCCCCCCCCC(=O)OC(COC(=O)CCCCC/C=C\CCCCCCCCC)COC(=O)CCCCCCCCCCCCCCCCCCCCC. The molecule has 0 aliphatic carbocycles. The first-order valence-electron chi connectivity index (χ1n) is 30.0. The highest BCUT2D eigenvalue weighted by Gasteiger charge is 2.19. The quantitative estimate of drug-likeness (QED) is 0.0262. The van der Waals surface area contributed by atoms with Crippen LogP contribution in [0.5, 0.6) is 0 Å². The van der Waals surface area contributed by atoms with Crippen LogP contribution in [0.2, 0.25) is 0 Å². The van der Waals surface area contributed by atoms with Crippen LogP contribution < -0.4 is 0 Å². The summed E-state index contributed by atoms with van der Waals surface area (Å²) in [5.41, 5.74) is 0. The topological polar surface area (TPSA) is 78.9 Å². The molecule has 0 bridgehead atoms. The molecule has 0 fully saturated rings. The number of esters is 3. The molecule has 0 aromatic carbocycles. The molecule has 1 unspecified atom stereocenters. The van der Waals surface area contributed by atoms with Gasteiger partial charge in [-0.05, 0) is 77.0 Å². The number of carbonyl (C=O) groups excluding carboxylic acids is 3. The average molecular weight is 956 g/mol. The third-order valence-electron chi connectivity index (χ3n) is 13.4. The Kier molecular flexibility index (Phi) is 55.2. The van der Waals surface area contributed by atoms with E-state index >= 15 is 0 Å². The molecule has 0 aromatic rings. The van der Waals surface area contributed by atoms with E-state index in [1.165, 1.54) is 199 Å². The van der Waals surface area contributed by atoms with E-state index in [1.54, 1.807) is 0 Å². The molecule has 0 aliphatic rings. The van der Waals surface area contributed by atoms with Gasteiger partial charge in [0.2, 0.25) is 0 Å². The van der Waals surface area contributed by atoms with Gasteiger partial charge < -0.3 is 14.2 Å². The fourth-order valence-corrected chi connectivity index (χ4v) is 8.82. The van der Waals surface area contributed by atoms with E-state index in [-0.39, 0.29) is 31.1 Å². The van der Waals surface area contributed by atoms with Crippen molar-refractivity contribution in [2.24, 2.45) is 0 Å². The van der Waals surface area contributed by atoms with Crippen LogP contribution in [0.4, 0.5) is 0 Å². The monoisotopic (exact) mass is 955 g/mol. The van der Waals surface area contributed by atoms with Gasteiger partial charge in [-0.25, -0.2) is 0 Å². The van der Waals surface area contributed by atoms with Gasteiger partial charge in [-0.3, -0.25) is 14.4 Å². The molecule has 0 saturated heterocycles. The Bertz CT molecular complexity index is 1140. The van der Waals surface area contributed by atoms with Gasteiger partial charge >= 0.3 is 17.9 Å². The van der Waals surface area contributed by atoms with Gasteiger partial charge in [0.25, 0.3) is 0 Å². The summed E-state index contributed by atoms with van der Waals surface area (Å²) in [6.45, 7) is 6.64. The molecule has 6 nitrogen and oxygen atoms in total. The molecule has 0 spiro atoms. The highest BCUT2D eigenvalue weighted by atomic mass is 16.6. The molecule has 0 aromatic heterocycles. The molecule has 0 rings (SSSR count). The average Bonchev–Trinajstić information content (AvgIpc) is 3.34. The summed E-state index contributed by atoms with van der Waals surface area (Å²) in [4.78, 5) is 38.2. The Morgan fingerprint density at radius 2 is 0.529 bits per heavy atom. The van der Waals surface area contributed by atoms with Gasteiger partial charge in [-0.15, -0.1) is 0 Å². The van der Waals surface area contributed by atoms with Gasteiger partial charge in [-0.1, -0.05) is 263 Å². The number of ether oxygens (including phenoxy) is 3. The van der Waals surface area contributed by atoms with Crippen LogP contribution in [-0.4, -0.2) is 37.2 Å². The summed E-state index contributed by atoms with van der Waals surface area (Å²) in [7, 11) is 0. The lowest BCUT2D eigenvalue weighted by molar-refractivity contribution is -0.167. The van der Waals surface area contributed by atoms with Crippen LogP contribution in [-0.2, 0) is 28.6 Å². The van der Waals surface area contributed by atoms with Crippen molar-refractivity contribution in [1.82, 2.24) is 0 Å². The smallest absolute Gasteiger partial charge is 0.306 e. The fourth-order valence-electron chi connectivity index (χ4n) is 8.82. The maximum absolute atomic E-state index is 12.9. The van der Waals surface area contributed by atoms with Crippen LogP contribution in [0.25, 0.3) is 0 Å². The van der Waals surface area contributed by atoms with Crippen molar-refractivity contribution in [3.63, 3.8) is 0 Å². The second kappa shape index (κ2) is 57.2. The number of allylic oxidation sites excluding steroid dienone is 6. The van der Waals surface area contributed by atoms with E-state index < -0.39 is 6.10 Å². The summed E-state index contributed by atoms with van der Waals surface area (Å²) in [6, 6.07) is 0. The lowest BCUT2D eigenvalue weighted by Crippen LogP contribution is -2.30. The summed E-state index contributed by atoms with van der Waals surface area (Å²) in [6.07, 6.45) is 68.5. The lowest BCUT2D eigenvalue weighted by Gasteiger charge is -2.18. The molecule has 1 atom stereocenters. The van der Waals surface area contributed by atoms with E-state index in [0.717, 1.165) is 83.5 Å². The molecule has 0 aliphatic heterocycles. The third kappa shape index (κ3) is 54.6. The molecular formula is C62H114O6. The van der Waals surface area contributed by atoms with E-state index in [9.17, 15) is 14.4 Å². The molecular weight excluding hydrogens is 841 g/mol. The first-order valence-corrected chi connectivity index (χ1v) is 30.0. The van der Waals surface area contributed by atoms with Crippen molar-refractivity contribution in [1.29, 1.82) is 0 Å². The predicted molar refractivity (Wildman–Crippen MR) is 293 cm³/mol. The molecule has 0 saturated carbocycles. The lowest BCUT2D eigenvalue weighted by atomic mass is 10.0. The Morgan fingerprint density at radius 3 is 0.868 bits per heavy atom. The summed E-state index contributed by atoms with van der Waals surface area (Å²) < 4.78 is 16.9. The Hall–Kier alpha value is -2.37. The van der Waals surface area contributed by atoms with Crippen LogP contribution >= 0.6 is 0 Å². The van der Waals surface area contributed by atoms with E-state index in [0.29, 0.717) is 19.3 Å². The van der Waals surface area contributed by atoms with Crippen molar-refractivity contribution in [3.05, 3.63) is 36.5 Å². The second-order valence-corrected chi connectivity index (χ2v) is 20.3. The van der Waals surface area contributed by atoms with Crippen LogP contribution in [0, 0.1) is 0 Å². The van der Waals surface area contributed by atoms with Gasteiger partial charge in [-0.2, -0.15) is 0 Å². The highest BCUT2D eigenvalue weighted by Crippen LogP contribution is 2.17. The van der Waals surface area contributed by atoms with Crippen molar-refractivity contribution in [3.8, 4) is 0 Å². The van der Waals surface area contributed by atoms with Crippen molar-refractivity contribution < 1.29 is 28.6 Å². The normalized spacial score (nSPS) is 12.2. The molecule has 0 radical (unpaired) electrons. The maximum atomic E-state index is 12.9. The minimum Gasteiger partial charge on any atom is -0.462 e. The molecule has 0 heterocycles. The van der Waals surface area contributed by atoms with Gasteiger partial charge in [0.05, 0.1) is 0 Å². The third-order valence-corrected chi connectivity index (χ3v) is 13.4. The molecule has 0 amide bonds. The first kappa shape index (κ1) is 65.6. The number of unbranched alkanes of at least 4 members (excludes halogenated alkanes) is 38. The van der Waals surface area contributed by atoms with Crippen LogP contribution in [0.3, 0.4) is 0 Å². The molecule has 398 valence electrons. The van der Waals surface area contributed by atoms with Crippen molar-refractivity contribution in [2.45, 2.75) is 329 Å². The van der Waals surface area contributed by atoms with Gasteiger partial charge in [0.15, 0.2) is 6.10 Å². The maximum Gasteiger partial charge on any atom is 0.306 e. The zero-order chi connectivity index (χ0) is 49.3. The second-order valence-electron chi connectivity index (χ2n) is 20.3. The number of carbonyl (C=O) groups is 3. The molecule has 6 heteroatoms. The predicted octanol–water partition coefficient (Wildman–Crippen LogP) is 20.0. The number of hydrogen-bond donors (Lipinski definition) is 0. The first-order chi connectivity index (χ1) is 33.5. The van der Waals surface area contributed by atoms with Crippen molar-refractivity contribution >= 4 is 17.9 Å². The minimum atomic E-state index is -0.780. The fraction of sp³-hybridized carbons (Fsp3) is 0.855. The van der Waals surface area contributed by atoms with Crippen molar-refractivity contribution in [2.75, 3.05) is 13.2 Å². The van der Waals surface area contributed by atoms with E-state index in [1.807, 2.05) is 0 Å². The summed E-state index contributed by atoms with van der Waals surface area (Å²) in [5, 5.41) is 0. The Balaban J connectivity index is 4.34. The molecule has 0 N–H and O–H groups in total. The summed E-state index contributed by atoms with van der Waals surface area (Å²) in [5.74, 6) is -0.882. The minimum absolute atomic E-state index is 0.0763. The largest absolute Gasteiger partial charge is 0.462 e. The van der Waals surface area contributed by atoms with E-state index in [4.69, 9.17) is 14.2 Å². The van der Waals surface area contributed by atoms with Crippen LogP contribution in [0.15, 0.2) is 36.5 Å². The zero-order valence-corrected chi connectivity index (χ0v) is 45.6.